The van der Waals surface area contributed by atoms with Crippen LogP contribution in [-0.4, -0.2) is 36.6 Å². The third kappa shape index (κ3) is 5.82. The molecule has 3 unspecified atom stereocenters. The Balaban J connectivity index is 2.06. The molecule has 1 heterocycles. The van der Waals surface area contributed by atoms with E-state index in [1.165, 1.54) is 17.0 Å². The highest BCUT2D eigenvalue weighted by Gasteiger charge is 2.36. The van der Waals surface area contributed by atoms with Crippen LogP contribution in [0.2, 0.25) is 0 Å². The summed E-state index contributed by atoms with van der Waals surface area (Å²) in [5, 5.41) is 2.73. The molecular formula is C27H31FN4O3. The van der Waals surface area contributed by atoms with Crippen molar-refractivity contribution in [2.24, 2.45) is 28.5 Å². The lowest BCUT2D eigenvalue weighted by Gasteiger charge is -2.27. The predicted molar refractivity (Wildman–Crippen MR) is 134 cm³/mol. The van der Waals surface area contributed by atoms with Crippen LogP contribution in [0.15, 0.2) is 66.2 Å². The maximum atomic E-state index is 14.1. The highest BCUT2D eigenvalue weighted by Crippen LogP contribution is 2.29. The Morgan fingerprint density at radius 1 is 1.20 bits per heavy atom. The molecule has 1 aliphatic rings. The number of nitrogens with two attached hydrogens (primary N) is 1. The number of primary amides is 1. The summed E-state index contributed by atoms with van der Waals surface area (Å²) < 4.78 is 14.1. The second-order valence-electron chi connectivity index (χ2n) is 9.08. The maximum Gasteiger partial charge on any atom is 0.272 e. The second kappa shape index (κ2) is 11.1. The minimum absolute atomic E-state index is 0.0977. The average Bonchev–Trinajstić information content (AvgIpc) is 2.91. The number of aliphatic imine (C=N–C) groups is 1. The highest BCUT2D eigenvalue weighted by molar-refractivity contribution is 6.20. The number of rotatable bonds is 9. The number of likely N-dealkylation sites (N-methyl/N-ethyl adjacent to an activating group) is 1. The molecule has 2 aromatic rings. The van der Waals surface area contributed by atoms with Gasteiger partial charge in [-0.25, -0.2) is 9.38 Å². The van der Waals surface area contributed by atoms with E-state index in [9.17, 15) is 18.8 Å². The summed E-state index contributed by atoms with van der Waals surface area (Å²) in [6.45, 7) is 7.55. The van der Waals surface area contributed by atoms with Gasteiger partial charge in [0.15, 0.2) is 0 Å². The molecule has 0 saturated heterocycles. The van der Waals surface area contributed by atoms with Crippen molar-refractivity contribution in [3.8, 4) is 0 Å². The number of benzodiazepines with no additional fused rings is 1. The standard InChI is InChI=1S/C27H31FN4O3/c1-5-9-19(24(29)33)21(14-16(2)3)26(34)31-25-27(35)32(4)22-13-7-6-12-20(22)23(30-25)17-10-8-11-18(28)15-17/h5-8,10-13,15-16,19,21,25H,1,9,14H2,2-4H3,(H2,29,33)(H,31,34). The molecule has 3 N–H and O–H groups in total. The number of amides is 3. The van der Waals surface area contributed by atoms with Crippen molar-refractivity contribution in [1.82, 2.24) is 5.32 Å². The summed E-state index contributed by atoms with van der Waals surface area (Å²) in [7, 11) is 1.60. The molecule has 3 amide bonds. The van der Waals surface area contributed by atoms with Crippen molar-refractivity contribution in [3.63, 3.8) is 0 Å². The number of anilines is 1. The lowest BCUT2D eigenvalue weighted by Crippen LogP contribution is -2.50. The number of nitrogens with one attached hydrogen (secondary N) is 1. The van der Waals surface area contributed by atoms with Gasteiger partial charge in [-0.1, -0.05) is 50.3 Å². The van der Waals surface area contributed by atoms with Crippen molar-refractivity contribution >= 4 is 29.1 Å². The molecular weight excluding hydrogens is 447 g/mol. The number of para-hydroxylation sites is 1. The molecule has 184 valence electrons. The number of hydrogen-bond acceptors (Lipinski definition) is 4. The second-order valence-corrected chi connectivity index (χ2v) is 9.08. The quantitative estimate of drug-likeness (QED) is 0.540. The fourth-order valence-corrected chi connectivity index (χ4v) is 4.34. The summed E-state index contributed by atoms with van der Waals surface area (Å²) in [4.78, 5) is 45.0. The molecule has 0 radical (unpaired) electrons. The van der Waals surface area contributed by atoms with Crippen molar-refractivity contribution in [2.45, 2.75) is 32.9 Å². The Morgan fingerprint density at radius 3 is 2.54 bits per heavy atom. The first-order valence-electron chi connectivity index (χ1n) is 11.5. The van der Waals surface area contributed by atoms with E-state index in [-0.39, 0.29) is 12.3 Å². The van der Waals surface area contributed by atoms with E-state index in [2.05, 4.69) is 16.9 Å². The van der Waals surface area contributed by atoms with Crippen LogP contribution >= 0.6 is 0 Å². The zero-order valence-corrected chi connectivity index (χ0v) is 20.2. The van der Waals surface area contributed by atoms with Gasteiger partial charge >= 0.3 is 0 Å². The van der Waals surface area contributed by atoms with Gasteiger partial charge in [0.05, 0.1) is 23.2 Å². The van der Waals surface area contributed by atoms with Crippen LogP contribution in [-0.2, 0) is 14.4 Å². The zero-order chi connectivity index (χ0) is 25.7. The number of benzene rings is 2. The Morgan fingerprint density at radius 2 is 1.91 bits per heavy atom. The Kier molecular flexibility index (Phi) is 8.17. The number of allylic oxidation sites excluding steroid dienone is 1. The van der Waals surface area contributed by atoms with Crippen LogP contribution in [0.5, 0.6) is 0 Å². The predicted octanol–water partition coefficient (Wildman–Crippen LogP) is 3.42. The van der Waals surface area contributed by atoms with Crippen LogP contribution in [0.3, 0.4) is 0 Å². The van der Waals surface area contributed by atoms with Crippen LogP contribution in [0, 0.1) is 23.6 Å². The Labute approximate surface area is 204 Å². The first-order valence-corrected chi connectivity index (χ1v) is 11.5. The summed E-state index contributed by atoms with van der Waals surface area (Å²) in [5.41, 5.74) is 7.67. The summed E-state index contributed by atoms with van der Waals surface area (Å²) in [6.07, 6.45) is 0.912. The third-order valence-corrected chi connectivity index (χ3v) is 6.05. The zero-order valence-electron chi connectivity index (χ0n) is 20.2. The first-order chi connectivity index (χ1) is 16.6. The lowest BCUT2D eigenvalue weighted by molar-refractivity contribution is -0.135. The van der Waals surface area contributed by atoms with E-state index in [0.29, 0.717) is 28.9 Å². The van der Waals surface area contributed by atoms with E-state index in [1.807, 2.05) is 13.8 Å². The summed E-state index contributed by atoms with van der Waals surface area (Å²) in [5.74, 6) is -3.44. The van der Waals surface area contributed by atoms with Gasteiger partial charge in [0.25, 0.3) is 5.91 Å². The number of nitrogens with zero attached hydrogens (tertiary/aromatic N) is 2. The van der Waals surface area contributed by atoms with Crippen molar-refractivity contribution < 1.29 is 18.8 Å². The van der Waals surface area contributed by atoms with Crippen LogP contribution in [0.1, 0.15) is 37.8 Å². The highest BCUT2D eigenvalue weighted by atomic mass is 19.1. The van der Waals surface area contributed by atoms with Gasteiger partial charge in [-0.3, -0.25) is 14.4 Å². The third-order valence-electron chi connectivity index (χ3n) is 6.05. The molecule has 35 heavy (non-hydrogen) atoms. The summed E-state index contributed by atoms with van der Waals surface area (Å²) in [6, 6.07) is 13.1. The normalized spacial score (nSPS) is 17.2. The number of fused-ring (bicyclic) bond motifs is 1. The number of carbonyl (C=O) groups is 3. The van der Waals surface area contributed by atoms with E-state index in [1.54, 1.807) is 49.5 Å². The van der Waals surface area contributed by atoms with Crippen molar-refractivity contribution in [2.75, 3.05) is 11.9 Å². The van der Waals surface area contributed by atoms with E-state index in [0.717, 1.165) is 0 Å². The largest absolute Gasteiger partial charge is 0.369 e. The molecule has 0 bridgehead atoms. The molecule has 0 spiro atoms. The van der Waals surface area contributed by atoms with Crippen LogP contribution in [0.4, 0.5) is 10.1 Å². The minimum atomic E-state index is -1.27. The first kappa shape index (κ1) is 25.8. The maximum absolute atomic E-state index is 14.1. The Bertz CT molecular complexity index is 1160. The smallest absolute Gasteiger partial charge is 0.272 e. The fraction of sp³-hybridized carbons (Fsp3) is 0.333. The topological polar surface area (TPSA) is 105 Å². The van der Waals surface area contributed by atoms with Gasteiger partial charge < -0.3 is 16.0 Å². The molecule has 8 heteroatoms. The monoisotopic (exact) mass is 478 g/mol. The average molecular weight is 479 g/mol. The van der Waals surface area contributed by atoms with Gasteiger partial charge in [-0.2, -0.15) is 0 Å². The Hall–Kier alpha value is -3.81. The number of carbonyl (C=O) groups excluding carboxylic acids is 3. The van der Waals surface area contributed by atoms with Gasteiger partial charge in [0.2, 0.25) is 18.0 Å². The number of hydrogen-bond donors (Lipinski definition) is 2. The van der Waals surface area contributed by atoms with Crippen molar-refractivity contribution in [3.05, 3.63) is 78.1 Å². The van der Waals surface area contributed by atoms with Gasteiger partial charge in [0.1, 0.15) is 5.82 Å². The van der Waals surface area contributed by atoms with E-state index in [4.69, 9.17) is 5.73 Å². The van der Waals surface area contributed by atoms with Gasteiger partial charge in [-0.15, -0.1) is 6.58 Å². The molecule has 7 nitrogen and oxygen atoms in total. The molecule has 0 saturated carbocycles. The van der Waals surface area contributed by atoms with E-state index < -0.39 is 41.5 Å². The summed E-state index contributed by atoms with van der Waals surface area (Å²) >= 11 is 0. The molecule has 3 atom stereocenters. The molecule has 0 fully saturated rings. The number of halogens is 1. The van der Waals surface area contributed by atoms with E-state index >= 15 is 0 Å². The molecule has 0 aromatic heterocycles. The fourth-order valence-electron chi connectivity index (χ4n) is 4.34. The van der Waals surface area contributed by atoms with Crippen molar-refractivity contribution in [1.29, 1.82) is 0 Å². The molecule has 1 aliphatic heterocycles. The van der Waals surface area contributed by atoms with Gasteiger partial charge in [0, 0.05) is 18.2 Å². The molecule has 3 rings (SSSR count). The SMILES string of the molecule is C=CCC(C(N)=O)C(CC(C)C)C(=O)NC1N=C(c2cccc(F)c2)c2ccccc2N(C)C1=O. The van der Waals surface area contributed by atoms with Gasteiger partial charge in [-0.05, 0) is 37.0 Å². The minimum Gasteiger partial charge on any atom is -0.369 e. The van der Waals surface area contributed by atoms with Crippen LogP contribution < -0.4 is 16.0 Å². The lowest BCUT2D eigenvalue weighted by atomic mass is 9.82. The molecule has 0 aliphatic carbocycles. The molecule has 2 aromatic carbocycles. The van der Waals surface area contributed by atoms with Crippen LogP contribution in [0.25, 0.3) is 0 Å².